The summed E-state index contributed by atoms with van der Waals surface area (Å²) in [5, 5.41) is 12.0. The maximum atomic E-state index is 11.9. The Labute approximate surface area is 107 Å². The number of carbonyl (C=O) groups excluding carboxylic acids is 1. The molecule has 0 spiro atoms. The van der Waals surface area contributed by atoms with Crippen molar-refractivity contribution in [3.05, 3.63) is 29.8 Å². The van der Waals surface area contributed by atoms with E-state index in [0.29, 0.717) is 19.0 Å². The number of likely N-dealkylation sites (tertiary alicyclic amines) is 1. The Morgan fingerprint density at radius 3 is 2.78 bits per heavy atom. The van der Waals surface area contributed by atoms with Crippen molar-refractivity contribution < 1.29 is 9.90 Å². The third-order valence-corrected chi connectivity index (χ3v) is 3.29. The summed E-state index contributed by atoms with van der Waals surface area (Å²) < 4.78 is 0. The number of urea groups is 1. The van der Waals surface area contributed by atoms with Crippen molar-refractivity contribution in [1.29, 1.82) is 0 Å². The van der Waals surface area contributed by atoms with Gasteiger partial charge in [0.15, 0.2) is 0 Å². The van der Waals surface area contributed by atoms with Crippen LogP contribution < -0.4 is 11.1 Å². The normalized spacial score (nSPS) is 18.9. The molecule has 0 saturated carbocycles. The third-order valence-electron chi connectivity index (χ3n) is 3.29. The highest BCUT2D eigenvalue weighted by molar-refractivity contribution is 5.74. The summed E-state index contributed by atoms with van der Waals surface area (Å²) in [6.45, 7) is 2.64. The molecular formula is C13H19N3O2. The van der Waals surface area contributed by atoms with E-state index < -0.39 is 0 Å². The van der Waals surface area contributed by atoms with Crippen molar-refractivity contribution in [3.63, 3.8) is 0 Å². The molecule has 0 aliphatic carbocycles. The molecule has 1 fully saturated rings. The second-order valence-corrected chi connectivity index (χ2v) is 4.66. The van der Waals surface area contributed by atoms with E-state index in [1.807, 2.05) is 0 Å². The van der Waals surface area contributed by atoms with Crippen LogP contribution in [0.3, 0.4) is 0 Å². The molecular weight excluding hydrogens is 230 g/mol. The van der Waals surface area contributed by atoms with Crippen LogP contribution in [0.4, 0.5) is 4.79 Å². The van der Waals surface area contributed by atoms with E-state index in [1.54, 1.807) is 29.2 Å². The number of phenols is 1. The highest BCUT2D eigenvalue weighted by Gasteiger charge is 2.24. The van der Waals surface area contributed by atoms with Crippen molar-refractivity contribution >= 4 is 6.03 Å². The number of amides is 2. The number of hydrogen-bond donors (Lipinski definition) is 3. The lowest BCUT2D eigenvalue weighted by Crippen LogP contribution is -2.38. The van der Waals surface area contributed by atoms with E-state index in [0.717, 1.165) is 25.1 Å². The minimum atomic E-state index is -0.0426. The molecule has 98 valence electrons. The summed E-state index contributed by atoms with van der Waals surface area (Å²) in [6, 6.07) is 6.77. The molecule has 2 amide bonds. The van der Waals surface area contributed by atoms with Crippen molar-refractivity contribution in [3.8, 4) is 5.75 Å². The van der Waals surface area contributed by atoms with Crippen LogP contribution >= 0.6 is 0 Å². The van der Waals surface area contributed by atoms with Gasteiger partial charge in [0.05, 0.1) is 0 Å². The predicted molar refractivity (Wildman–Crippen MR) is 69.1 cm³/mol. The average molecular weight is 249 g/mol. The van der Waals surface area contributed by atoms with Gasteiger partial charge in [-0.1, -0.05) is 12.1 Å². The van der Waals surface area contributed by atoms with E-state index >= 15 is 0 Å². The number of aromatic hydroxyl groups is 1. The molecule has 1 atom stereocenters. The van der Waals surface area contributed by atoms with E-state index in [-0.39, 0.29) is 11.8 Å². The molecule has 0 radical (unpaired) electrons. The van der Waals surface area contributed by atoms with Gasteiger partial charge in [0.25, 0.3) is 0 Å². The zero-order chi connectivity index (χ0) is 13.0. The summed E-state index contributed by atoms with van der Waals surface area (Å²) in [7, 11) is 0. The van der Waals surface area contributed by atoms with Crippen LogP contribution in [-0.4, -0.2) is 35.7 Å². The minimum Gasteiger partial charge on any atom is -0.508 e. The van der Waals surface area contributed by atoms with Crippen LogP contribution in [0, 0.1) is 5.92 Å². The van der Waals surface area contributed by atoms with Crippen molar-refractivity contribution in [2.75, 3.05) is 19.6 Å². The first-order chi connectivity index (χ1) is 8.69. The maximum absolute atomic E-state index is 11.9. The van der Waals surface area contributed by atoms with Gasteiger partial charge >= 0.3 is 6.03 Å². The lowest BCUT2D eigenvalue weighted by atomic mass is 10.1. The number of nitrogens with zero attached hydrogens (tertiary/aromatic N) is 1. The fraction of sp³-hybridized carbons (Fsp3) is 0.462. The SMILES string of the molecule is NCC1CCN(C(=O)NCc2ccc(O)cc2)C1. The molecule has 1 aliphatic heterocycles. The molecule has 1 unspecified atom stereocenters. The molecule has 0 bridgehead atoms. The number of hydrogen-bond acceptors (Lipinski definition) is 3. The van der Waals surface area contributed by atoms with Crippen molar-refractivity contribution in [2.45, 2.75) is 13.0 Å². The maximum Gasteiger partial charge on any atom is 0.317 e. The first-order valence-electron chi connectivity index (χ1n) is 6.20. The van der Waals surface area contributed by atoms with Gasteiger partial charge < -0.3 is 21.1 Å². The minimum absolute atomic E-state index is 0.0426. The molecule has 1 heterocycles. The van der Waals surface area contributed by atoms with Gasteiger partial charge in [-0.15, -0.1) is 0 Å². The first-order valence-corrected chi connectivity index (χ1v) is 6.20. The monoisotopic (exact) mass is 249 g/mol. The highest BCUT2D eigenvalue weighted by Crippen LogP contribution is 2.15. The lowest BCUT2D eigenvalue weighted by Gasteiger charge is -2.17. The number of carbonyl (C=O) groups is 1. The summed E-state index contributed by atoms with van der Waals surface area (Å²) in [4.78, 5) is 13.7. The standard InChI is InChI=1S/C13H19N3O2/c14-7-11-5-6-16(9-11)13(18)15-8-10-1-3-12(17)4-2-10/h1-4,11,17H,5-9,14H2,(H,15,18). The van der Waals surface area contributed by atoms with Crippen LogP contribution in [0.15, 0.2) is 24.3 Å². The van der Waals surface area contributed by atoms with E-state index in [2.05, 4.69) is 5.32 Å². The molecule has 1 aromatic carbocycles. The second-order valence-electron chi connectivity index (χ2n) is 4.66. The lowest BCUT2D eigenvalue weighted by molar-refractivity contribution is 0.207. The second kappa shape index (κ2) is 5.73. The van der Waals surface area contributed by atoms with Crippen LogP contribution in [0.5, 0.6) is 5.75 Å². The number of nitrogens with one attached hydrogen (secondary N) is 1. The van der Waals surface area contributed by atoms with Gasteiger partial charge in [-0.3, -0.25) is 0 Å². The van der Waals surface area contributed by atoms with Gasteiger partial charge in [0.2, 0.25) is 0 Å². The molecule has 0 aromatic heterocycles. The Kier molecular flexibility index (Phi) is 4.04. The molecule has 1 aromatic rings. The van der Waals surface area contributed by atoms with Gasteiger partial charge in [-0.05, 0) is 36.6 Å². The zero-order valence-electron chi connectivity index (χ0n) is 10.3. The van der Waals surface area contributed by atoms with Crippen molar-refractivity contribution in [1.82, 2.24) is 10.2 Å². The summed E-state index contributed by atoms with van der Waals surface area (Å²) in [5.74, 6) is 0.667. The Balaban J connectivity index is 1.80. The van der Waals surface area contributed by atoms with E-state index in [9.17, 15) is 4.79 Å². The van der Waals surface area contributed by atoms with Crippen LogP contribution in [0.2, 0.25) is 0 Å². The quantitative estimate of drug-likeness (QED) is 0.744. The van der Waals surface area contributed by atoms with E-state index in [4.69, 9.17) is 10.8 Å². The Morgan fingerprint density at radius 2 is 2.17 bits per heavy atom. The molecule has 1 aliphatic rings. The Hall–Kier alpha value is -1.75. The molecule has 18 heavy (non-hydrogen) atoms. The van der Waals surface area contributed by atoms with Gasteiger partial charge in [0.1, 0.15) is 5.75 Å². The summed E-state index contributed by atoms with van der Waals surface area (Å²) in [6.07, 6.45) is 0.989. The van der Waals surface area contributed by atoms with Crippen LogP contribution in [0.25, 0.3) is 0 Å². The smallest absolute Gasteiger partial charge is 0.317 e. The molecule has 4 N–H and O–H groups in total. The van der Waals surface area contributed by atoms with Crippen LogP contribution in [-0.2, 0) is 6.54 Å². The highest BCUT2D eigenvalue weighted by atomic mass is 16.3. The van der Waals surface area contributed by atoms with Crippen molar-refractivity contribution in [2.24, 2.45) is 11.7 Å². The largest absolute Gasteiger partial charge is 0.508 e. The first kappa shape index (κ1) is 12.7. The number of rotatable bonds is 3. The van der Waals surface area contributed by atoms with Crippen LogP contribution in [0.1, 0.15) is 12.0 Å². The summed E-state index contributed by atoms with van der Waals surface area (Å²) in [5.41, 5.74) is 6.56. The van der Waals surface area contributed by atoms with E-state index in [1.165, 1.54) is 0 Å². The molecule has 1 saturated heterocycles. The zero-order valence-corrected chi connectivity index (χ0v) is 10.3. The Morgan fingerprint density at radius 1 is 1.44 bits per heavy atom. The molecule has 5 heteroatoms. The predicted octanol–water partition coefficient (Wildman–Crippen LogP) is 0.882. The molecule has 5 nitrogen and oxygen atoms in total. The topological polar surface area (TPSA) is 78.6 Å². The van der Waals surface area contributed by atoms with Gasteiger partial charge in [-0.2, -0.15) is 0 Å². The Bertz CT molecular complexity index is 405. The summed E-state index contributed by atoms with van der Waals surface area (Å²) >= 11 is 0. The van der Waals surface area contributed by atoms with Gasteiger partial charge in [-0.25, -0.2) is 4.79 Å². The average Bonchev–Trinajstić information content (AvgIpc) is 2.86. The fourth-order valence-corrected chi connectivity index (χ4v) is 2.11. The number of benzene rings is 1. The van der Waals surface area contributed by atoms with Gasteiger partial charge in [0, 0.05) is 19.6 Å². The third kappa shape index (κ3) is 3.13. The molecule has 2 rings (SSSR count). The number of nitrogens with two attached hydrogens (primary N) is 1. The number of phenolic OH excluding ortho intramolecular Hbond substituents is 1. The fourth-order valence-electron chi connectivity index (χ4n) is 2.11.